The van der Waals surface area contributed by atoms with Crippen LogP contribution >= 0.6 is 0 Å². The SMILES string of the molecule is COc1ccc(C(NC(=O)COCCc2ccccc2)C(=O)O)cc1F. The van der Waals surface area contributed by atoms with Gasteiger partial charge in [0.15, 0.2) is 17.6 Å². The van der Waals surface area contributed by atoms with Crippen LogP contribution in [-0.4, -0.2) is 37.3 Å². The molecule has 0 spiro atoms. The molecule has 2 aromatic carbocycles. The molecule has 0 aromatic heterocycles. The first-order valence-corrected chi connectivity index (χ1v) is 7.98. The normalized spacial score (nSPS) is 11.6. The smallest absolute Gasteiger partial charge is 0.330 e. The summed E-state index contributed by atoms with van der Waals surface area (Å²) in [5.41, 5.74) is 1.18. The molecule has 0 radical (unpaired) electrons. The van der Waals surface area contributed by atoms with E-state index in [1.54, 1.807) is 0 Å². The Labute approximate surface area is 150 Å². The van der Waals surface area contributed by atoms with Gasteiger partial charge in [0.05, 0.1) is 13.7 Å². The van der Waals surface area contributed by atoms with E-state index in [1.807, 2.05) is 30.3 Å². The number of hydrogen-bond acceptors (Lipinski definition) is 4. The second-order valence-electron chi connectivity index (χ2n) is 5.52. The number of aliphatic carboxylic acids is 1. The lowest BCUT2D eigenvalue weighted by Crippen LogP contribution is -2.36. The van der Waals surface area contributed by atoms with E-state index in [1.165, 1.54) is 19.2 Å². The number of nitrogens with one attached hydrogen (secondary N) is 1. The highest BCUT2D eigenvalue weighted by molar-refractivity contribution is 5.85. The average Bonchev–Trinajstić information content (AvgIpc) is 2.64. The van der Waals surface area contributed by atoms with E-state index in [2.05, 4.69) is 5.32 Å². The van der Waals surface area contributed by atoms with Crippen molar-refractivity contribution in [2.45, 2.75) is 12.5 Å². The molecule has 1 atom stereocenters. The molecule has 2 rings (SSSR count). The third-order valence-corrected chi connectivity index (χ3v) is 3.67. The van der Waals surface area contributed by atoms with Crippen LogP contribution in [-0.2, 0) is 20.7 Å². The first-order valence-electron chi connectivity index (χ1n) is 7.98. The lowest BCUT2D eigenvalue weighted by Gasteiger charge is -2.16. The van der Waals surface area contributed by atoms with Gasteiger partial charge in [0.25, 0.3) is 0 Å². The van der Waals surface area contributed by atoms with Crippen LogP contribution in [0.2, 0.25) is 0 Å². The summed E-state index contributed by atoms with van der Waals surface area (Å²) >= 11 is 0. The largest absolute Gasteiger partial charge is 0.494 e. The molecule has 0 saturated carbocycles. The monoisotopic (exact) mass is 361 g/mol. The Bertz CT molecular complexity index is 751. The number of carboxylic acids is 1. The van der Waals surface area contributed by atoms with Gasteiger partial charge in [0.1, 0.15) is 6.61 Å². The molecule has 0 saturated heterocycles. The van der Waals surface area contributed by atoms with Gasteiger partial charge in [-0.3, -0.25) is 4.79 Å². The molecular formula is C19H20FNO5. The fourth-order valence-electron chi connectivity index (χ4n) is 2.35. The Morgan fingerprint density at radius 3 is 2.54 bits per heavy atom. The molecular weight excluding hydrogens is 341 g/mol. The van der Waals surface area contributed by atoms with Crippen LogP contribution in [0.5, 0.6) is 5.75 Å². The van der Waals surface area contributed by atoms with Crippen molar-refractivity contribution in [2.24, 2.45) is 0 Å². The number of carbonyl (C=O) groups excluding carboxylic acids is 1. The minimum atomic E-state index is -1.37. The molecule has 2 aromatic rings. The zero-order valence-corrected chi connectivity index (χ0v) is 14.3. The Morgan fingerprint density at radius 1 is 1.19 bits per heavy atom. The molecule has 2 N–H and O–H groups in total. The zero-order valence-electron chi connectivity index (χ0n) is 14.3. The van der Waals surface area contributed by atoms with Crippen molar-refractivity contribution in [2.75, 3.05) is 20.3 Å². The van der Waals surface area contributed by atoms with Crippen molar-refractivity contribution in [1.82, 2.24) is 5.32 Å². The molecule has 0 aliphatic heterocycles. The minimum Gasteiger partial charge on any atom is -0.494 e. The molecule has 0 heterocycles. The van der Waals surface area contributed by atoms with Gasteiger partial charge in [-0.15, -0.1) is 0 Å². The number of amides is 1. The Morgan fingerprint density at radius 2 is 1.92 bits per heavy atom. The van der Waals surface area contributed by atoms with Gasteiger partial charge < -0.3 is 19.9 Å². The van der Waals surface area contributed by atoms with Gasteiger partial charge in [-0.25, -0.2) is 9.18 Å². The van der Waals surface area contributed by atoms with E-state index in [-0.39, 0.29) is 17.9 Å². The number of hydrogen-bond donors (Lipinski definition) is 2. The summed E-state index contributed by atoms with van der Waals surface area (Å²) in [6, 6.07) is 12.0. The molecule has 0 aliphatic carbocycles. The van der Waals surface area contributed by atoms with Gasteiger partial charge in [-0.2, -0.15) is 0 Å². The van der Waals surface area contributed by atoms with Crippen LogP contribution in [0, 0.1) is 5.82 Å². The van der Waals surface area contributed by atoms with Crippen LogP contribution in [0.4, 0.5) is 4.39 Å². The second kappa shape index (κ2) is 9.53. The third kappa shape index (κ3) is 5.56. The average molecular weight is 361 g/mol. The number of carbonyl (C=O) groups is 2. The molecule has 26 heavy (non-hydrogen) atoms. The number of ether oxygens (including phenoxy) is 2. The Hall–Kier alpha value is -2.93. The fraction of sp³-hybridized carbons (Fsp3) is 0.263. The van der Waals surface area contributed by atoms with Crippen LogP contribution in [0.15, 0.2) is 48.5 Å². The molecule has 138 valence electrons. The maximum absolute atomic E-state index is 13.8. The van der Waals surface area contributed by atoms with Gasteiger partial charge in [-0.1, -0.05) is 36.4 Å². The Balaban J connectivity index is 1.87. The molecule has 1 unspecified atom stereocenters. The molecule has 7 heteroatoms. The highest BCUT2D eigenvalue weighted by Crippen LogP contribution is 2.22. The third-order valence-electron chi connectivity index (χ3n) is 3.67. The fourth-order valence-corrected chi connectivity index (χ4v) is 2.35. The number of carboxylic acid groups (broad SMARTS) is 1. The van der Waals surface area contributed by atoms with E-state index in [0.717, 1.165) is 11.6 Å². The van der Waals surface area contributed by atoms with Crippen LogP contribution in [0.1, 0.15) is 17.2 Å². The minimum absolute atomic E-state index is 0.00605. The van der Waals surface area contributed by atoms with E-state index in [9.17, 15) is 19.1 Å². The zero-order chi connectivity index (χ0) is 18.9. The highest BCUT2D eigenvalue weighted by Gasteiger charge is 2.23. The van der Waals surface area contributed by atoms with E-state index in [0.29, 0.717) is 13.0 Å². The number of halogens is 1. The Kier molecular flexibility index (Phi) is 7.11. The first-order chi connectivity index (χ1) is 12.5. The van der Waals surface area contributed by atoms with E-state index in [4.69, 9.17) is 9.47 Å². The van der Waals surface area contributed by atoms with Crippen molar-refractivity contribution < 1.29 is 28.6 Å². The standard InChI is InChI=1S/C19H20FNO5/c1-25-16-8-7-14(11-15(16)20)18(19(23)24)21-17(22)12-26-10-9-13-5-3-2-4-6-13/h2-8,11,18H,9-10,12H2,1H3,(H,21,22)(H,23,24). The summed E-state index contributed by atoms with van der Waals surface area (Å²) < 4.78 is 23.8. The summed E-state index contributed by atoms with van der Waals surface area (Å²) in [5.74, 6) is -2.60. The summed E-state index contributed by atoms with van der Waals surface area (Å²) in [6.45, 7) is 0.0432. The molecule has 1 amide bonds. The first kappa shape index (κ1) is 19.4. The summed E-state index contributed by atoms with van der Waals surface area (Å²) in [4.78, 5) is 23.3. The lowest BCUT2D eigenvalue weighted by atomic mass is 10.1. The van der Waals surface area contributed by atoms with Gasteiger partial charge in [-0.05, 0) is 29.7 Å². The summed E-state index contributed by atoms with van der Waals surface area (Å²) in [5, 5.41) is 11.6. The molecule has 6 nitrogen and oxygen atoms in total. The quantitative estimate of drug-likeness (QED) is 0.670. The second-order valence-corrected chi connectivity index (χ2v) is 5.52. The number of benzene rings is 2. The van der Waals surface area contributed by atoms with Crippen molar-refractivity contribution in [3.8, 4) is 5.75 Å². The van der Waals surface area contributed by atoms with Crippen LogP contribution in [0.25, 0.3) is 0 Å². The summed E-state index contributed by atoms with van der Waals surface area (Å²) in [7, 11) is 1.31. The van der Waals surface area contributed by atoms with Gasteiger partial charge in [0, 0.05) is 0 Å². The molecule has 0 fully saturated rings. The maximum Gasteiger partial charge on any atom is 0.330 e. The van der Waals surface area contributed by atoms with Crippen LogP contribution < -0.4 is 10.1 Å². The van der Waals surface area contributed by atoms with Crippen LogP contribution in [0.3, 0.4) is 0 Å². The van der Waals surface area contributed by atoms with E-state index >= 15 is 0 Å². The summed E-state index contributed by atoms with van der Waals surface area (Å²) in [6.07, 6.45) is 0.639. The predicted molar refractivity (Wildman–Crippen MR) is 92.4 cm³/mol. The van der Waals surface area contributed by atoms with Crippen molar-refractivity contribution >= 4 is 11.9 Å². The van der Waals surface area contributed by atoms with Crippen molar-refractivity contribution in [3.05, 3.63) is 65.5 Å². The number of methoxy groups -OCH3 is 1. The maximum atomic E-state index is 13.8. The predicted octanol–water partition coefficient (Wildman–Crippen LogP) is 2.34. The van der Waals surface area contributed by atoms with Crippen molar-refractivity contribution in [3.63, 3.8) is 0 Å². The molecule has 0 aliphatic rings. The van der Waals surface area contributed by atoms with Gasteiger partial charge in [0.2, 0.25) is 5.91 Å². The van der Waals surface area contributed by atoms with Gasteiger partial charge >= 0.3 is 5.97 Å². The topological polar surface area (TPSA) is 84.9 Å². The van der Waals surface area contributed by atoms with E-state index < -0.39 is 23.7 Å². The highest BCUT2D eigenvalue weighted by atomic mass is 19.1. The number of rotatable bonds is 9. The van der Waals surface area contributed by atoms with Crippen molar-refractivity contribution in [1.29, 1.82) is 0 Å². The lowest BCUT2D eigenvalue weighted by molar-refractivity contribution is -0.142. The molecule has 0 bridgehead atoms.